The molecule has 0 atom stereocenters. The zero-order valence-electron chi connectivity index (χ0n) is 9.11. The summed E-state index contributed by atoms with van der Waals surface area (Å²) >= 11 is 0. The molecule has 0 radical (unpaired) electrons. The maximum atomic E-state index is 11.7. The van der Waals surface area contributed by atoms with Gasteiger partial charge in [0.2, 0.25) is 12.1 Å². The quantitative estimate of drug-likeness (QED) is 0.505. The van der Waals surface area contributed by atoms with Crippen molar-refractivity contribution in [2.24, 2.45) is 0 Å². The minimum absolute atomic E-state index is 0.115. The highest BCUT2D eigenvalue weighted by Crippen LogP contribution is 2.17. The molecule has 0 aliphatic rings. The third-order valence-corrected chi connectivity index (χ3v) is 3.99. The summed E-state index contributed by atoms with van der Waals surface area (Å²) in [6, 6.07) is 5.73. The van der Waals surface area contributed by atoms with Crippen LogP contribution in [0, 0.1) is 6.92 Å². The van der Waals surface area contributed by atoms with Crippen LogP contribution in [0.3, 0.4) is 0 Å². The summed E-state index contributed by atoms with van der Waals surface area (Å²) in [4.78, 5) is -0.115. The average Bonchev–Trinajstić information content (AvgIpc) is 2.16. The van der Waals surface area contributed by atoms with E-state index in [1.165, 1.54) is 12.1 Å². The summed E-state index contributed by atoms with van der Waals surface area (Å²) in [6.07, 6.45) is -2.55. The van der Waals surface area contributed by atoms with E-state index in [1.807, 2.05) is 0 Å². The van der Waals surface area contributed by atoms with Crippen LogP contribution in [0.5, 0.6) is 0 Å². The van der Waals surface area contributed by atoms with E-state index in [1.54, 1.807) is 19.1 Å². The molecule has 6 nitrogen and oxygen atoms in total. The van der Waals surface area contributed by atoms with Gasteiger partial charge in [0, 0.05) is 0 Å². The molecule has 0 aliphatic heterocycles. The van der Waals surface area contributed by atoms with Crippen LogP contribution in [0.15, 0.2) is 29.2 Å². The molecular weight excluding hydrogens is 248 g/mol. The standard InChI is InChI=1S/C10H14O6S/c1-7-2-4-8(5-3-7)17(15,16)6-10(13,14)9(11)12/h2-5,9,11-14H,6H2,1H3. The number of benzene rings is 1. The Morgan fingerprint density at radius 3 is 2.06 bits per heavy atom. The monoisotopic (exact) mass is 262 g/mol. The van der Waals surface area contributed by atoms with E-state index in [9.17, 15) is 8.42 Å². The molecule has 7 heteroatoms. The summed E-state index contributed by atoms with van der Waals surface area (Å²) in [5.41, 5.74) is 0.852. The molecule has 17 heavy (non-hydrogen) atoms. The van der Waals surface area contributed by atoms with Crippen LogP contribution in [-0.4, -0.2) is 46.7 Å². The molecule has 0 aliphatic carbocycles. The Hall–Kier alpha value is -0.990. The van der Waals surface area contributed by atoms with Crippen LogP contribution in [0.4, 0.5) is 0 Å². The third kappa shape index (κ3) is 3.48. The van der Waals surface area contributed by atoms with Gasteiger partial charge in [-0.15, -0.1) is 0 Å². The minimum Gasteiger partial charge on any atom is -0.364 e. The highest BCUT2D eigenvalue weighted by molar-refractivity contribution is 7.91. The van der Waals surface area contributed by atoms with Crippen molar-refractivity contribution in [2.75, 3.05) is 5.75 Å². The van der Waals surface area contributed by atoms with Gasteiger partial charge in [-0.25, -0.2) is 8.42 Å². The molecule has 0 heterocycles. The number of aliphatic hydroxyl groups is 4. The predicted molar refractivity (Wildman–Crippen MR) is 58.6 cm³/mol. The lowest BCUT2D eigenvalue weighted by Crippen LogP contribution is -2.47. The first-order valence-corrected chi connectivity index (χ1v) is 6.41. The van der Waals surface area contributed by atoms with Crippen LogP contribution in [0.1, 0.15) is 5.56 Å². The van der Waals surface area contributed by atoms with Crippen molar-refractivity contribution in [3.05, 3.63) is 29.8 Å². The Balaban J connectivity index is 3.01. The molecule has 96 valence electrons. The predicted octanol–water partition coefficient (Wildman–Crippen LogP) is -1.24. The molecule has 0 aromatic heterocycles. The normalized spacial score (nSPS) is 13.1. The highest BCUT2D eigenvalue weighted by atomic mass is 32.2. The van der Waals surface area contributed by atoms with E-state index < -0.39 is 27.7 Å². The lowest BCUT2D eigenvalue weighted by Gasteiger charge is -2.23. The Kier molecular flexibility index (Phi) is 3.90. The van der Waals surface area contributed by atoms with Crippen molar-refractivity contribution in [2.45, 2.75) is 23.9 Å². The van der Waals surface area contributed by atoms with Gasteiger partial charge in [-0.3, -0.25) is 0 Å². The van der Waals surface area contributed by atoms with Crippen LogP contribution >= 0.6 is 0 Å². The number of hydrogen-bond acceptors (Lipinski definition) is 6. The molecule has 0 spiro atoms. The van der Waals surface area contributed by atoms with Crippen molar-refractivity contribution < 1.29 is 28.8 Å². The summed E-state index contributed by atoms with van der Waals surface area (Å²) in [5.74, 6) is -4.29. The second kappa shape index (κ2) is 4.71. The Morgan fingerprint density at radius 1 is 1.18 bits per heavy atom. The smallest absolute Gasteiger partial charge is 0.230 e. The number of sulfone groups is 1. The van der Waals surface area contributed by atoms with E-state index in [2.05, 4.69) is 0 Å². The van der Waals surface area contributed by atoms with Crippen LogP contribution in [0.2, 0.25) is 0 Å². The summed E-state index contributed by atoms with van der Waals surface area (Å²) in [6.45, 7) is 1.77. The first-order chi connectivity index (χ1) is 7.65. The zero-order valence-corrected chi connectivity index (χ0v) is 9.92. The lowest BCUT2D eigenvalue weighted by atomic mass is 10.2. The minimum atomic E-state index is -4.00. The van der Waals surface area contributed by atoms with Gasteiger partial charge in [0.25, 0.3) is 0 Å². The number of rotatable bonds is 4. The maximum absolute atomic E-state index is 11.7. The molecule has 1 rings (SSSR count). The van der Waals surface area contributed by atoms with Gasteiger partial charge in [-0.05, 0) is 19.1 Å². The molecule has 1 aromatic rings. The van der Waals surface area contributed by atoms with Crippen molar-refractivity contribution in [1.29, 1.82) is 0 Å². The van der Waals surface area contributed by atoms with Gasteiger partial charge in [0.1, 0.15) is 5.75 Å². The molecular formula is C10H14O6S. The topological polar surface area (TPSA) is 115 Å². The molecule has 0 bridgehead atoms. The Bertz CT molecular complexity index is 474. The number of aryl methyl sites for hydroxylation is 1. The van der Waals surface area contributed by atoms with Gasteiger partial charge in [0.15, 0.2) is 9.84 Å². The summed E-state index contributed by atoms with van der Waals surface area (Å²) in [7, 11) is -4.00. The van der Waals surface area contributed by atoms with Gasteiger partial charge >= 0.3 is 0 Å². The van der Waals surface area contributed by atoms with E-state index in [0.717, 1.165) is 5.56 Å². The Morgan fingerprint density at radius 2 is 1.65 bits per heavy atom. The van der Waals surface area contributed by atoms with E-state index >= 15 is 0 Å². The Labute approximate surface area is 98.7 Å². The van der Waals surface area contributed by atoms with E-state index in [0.29, 0.717) is 0 Å². The summed E-state index contributed by atoms with van der Waals surface area (Å²) < 4.78 is 23.4. The largest absolute Gasteiger partial charge is 0.364 e. The summed E-state index contributed by atoms with van der Waals surface area (Å²) in [5, 5.41) is 35.5. The van der Waals surface area contributed by atoms with Crippen LogP contribution in [-0.2, 0) is 9.84 Å². The third-order valence-electron chi connectivity index (χ3n) is 2.20. The van der Waals surface area contributed by atoms with Gasteiger partial charge < -0.3 is 20.4 Å². The van der Waals surface area contributed by atoms with Crippen LogP contribution in [0.25, 0.3) is 0 Å². The van der Waals surface area contributed by atoms with Crippen molar-refractivity contribution in [3.8, 4) is 0 Å². The fraction of sp³-hybridized carbons (Fsp3) is 0.400. The molecule has 0 unspecified atom stereocenters. The van der Waals surface area contributed by atoms with Crippen molar-refractivity contribution in [1.82, 2.24) is 0 Å². The van der Waals surface area contributed by atoms with Gasteiger partial charge in [-0.2, -0.15) is 0 Å². The number of hydrogen-bond donors (Lipinski definition) is 4. The van der Waals surface area contributed by atoms with Gasteiger partial charge in [0.05, 0.1) is 4.90 Å². The zero-order chi connectivity index (χ0) is 13.3. The molecule has 0 saturated heterocycles. The van der Waals surface area contributed by atoms with Gasteiger partial charge in [-0.1, -0.05) is 17.7 Å². The van der Waals surface area contributed by atoms with E-state index in [4.69, 9.17) is 20.4 Å². The molecule has 0 saturated carbocycles. The molecule has 4 N–H and O–H groups in total. The van der Waals surface area contributed by atoms with Crippen LogP contribution < -0.4 is 0 Å². The molecule has 0 amide bonds. The highest BCUT2D eigenvalue weighted by Gasteiger charge is 2.38. The van der Waals surface area contributed by atoms with Crippen molar-refractivity contribution >= 4 is 9.84 Å². The number of aliphatic hydroxyl groups excluding tert-OH is 1. The fourth-order valence-electron chi connectivity index (χ4n) is 1.18. The first kappa shape index (κ1) is 14.1. The van der Waals surface area contributed by atoms with E-state index in [-0.39, 0.29) is 4.90 Å². The SMILES string of the molecule is Cc1ccc(S(=O)(=O)CC(O)(O)C(O)O)cc1. The average molecular weight is 262 g/mol. The maximum Gasteiger partial charge on any atom is 0.230 e. The van der Waals surface area contributed by atoms with Crippen molar-refractivity contribution in [3.63, 3.8) is 0 Å². The molecule has 0 fully saturated rings. The lowest BCUT2D eigenvalue weighted by molar-refractivity contribution is -0.275. The fourth-order valence-corrected chi connectivity index (χ4v) is 2.61. The second-order valence-corrected chi connectivity index (χ2v) is 5.81. The first-order valence-electron chi connectivity index (χ1n) is 4.75. The molecule has 1 aromatic carbocycles. The second-order valence-electron chi connectivity index (χ2n) is 3.82.